The Bertz CT molecular complexity index is 1120. The molecule has 0 heterocycles. The van der Waals surface area contributed by atoms with E-state index in [1.807, 2.05) is 0 Å². The highest BCUT2D eigenvalue weighted by atomic mass is 16.6. The Kier molecular flexibility index (Phi) is 63.6. The van der Waals surface area contributed by atoms with Crippen molar-refractivity contribution in [2.24, 2.45) is 0 Å². The van der Waals surface area contributed by atoms with Crippen molar-refractivity contribution >= 4 is 17.9 Å². The highest BCUT2D eigenvalue weighted by molar-refractivity contribution is 5.71. The summed E-state index contributed by atoms with van der Waals surface area (Å²) in [6.07, 6.45) is 75.8. The lowest BCUT2D eigenvalue weighted by Gasteiger charge is -2.18. The second-order valence-electron chi connectivity index (χ2n) is 23.8. The maximum absolute atomic E-state index is 12.9. The molecule has 0 aromatic carbocycles. The standard InChI is InChI=1S/C69H134O6/c1-4-7-10-13-16-19-22-24-26-28-30-31-32-33-34-35-36-37-38-39-40-42-43-45-47-50-53-56-59-62-68(71)74-65-66(64-73-67(70)61-58-55-52-49-21-18-15-12-9-6-3)75-69(72)63-60-57-54-51-48-46-44-41-29-27-25-23-20-17-14-11-8-5-2/h66H,4-65H2,1-3H3. The highest BCUT2D eigenvalue weighted by Gasteiger charge is 2.19. The van der Waals surface area contributed by atoms with Crippen LogP contribution in [0.4, 0.5) is 0 Å². The molecule has 0 spiro atoms. The van der Waals surface area contributed by atoms with Crippen LogP contribution in [0.5, 0.6) is 0 Å². The Balaban J connectivity index is 4.06. The van der Waals surface area contributed by atoms with Crippen molar-refractivity contribution in [3.8, 4) is 0 Å². The molecule has 0 bridgehead atoms. The van der Waals surface area contributed by atoms with Gasteiger partial charge in [0.2, 0.25) is 0 Å². The van der Waals surface area contributed by atoms with Gasteiger partial charge in [0.15, 0.2) is 6.10 Å². The molecule has 6 nitrogen and oxygen atoms in total. The molecule has 0 radical (unpaired) electrons. The van der Waals surface area contributed by atoms with Gasteiger partial charge in [0.25, 0.3) is 0 Å². The third-order valence-corrected chi connectivity index (χ3v) is 16.1. The summed E-state index contributed by atoms with van der Waals surface area (Å²) in [7, 11) is 0. The summed E-state index contributed by atoms with van der Waals surface area (Å²) in [4.78, 5) is 38.3. The molecule has 0 rings (SSSR count). The average molecular weight is 1060 g/mol. The SMILES string of the molecule is CCCCCCCCCCCCCCCCCCCCCCCCCCCCCCCC(=O)OCC(COC(=O)CCCCCCCCCCCC)OC(=O)CCCCCCCCCCCCCCCCCCCC. The van der Waals surface area contributed by atoms with Gasteiger partial charge >= 0.3 is 17.9 Å². The normalized spacial score (nSPS) is 11.9. The highest BCUT2D eigenvalue weighted by Crippen LogP contribution is 2.19. The monoisotopic (exact) mass is 1060 g/mol. The molecule has 0 saturated carbocycles. The van der Waals surface area contributed by atoms with E-state index in [9.17, 15) is 14.4 Å². The van der Waals surface area contributed by atoms with Crippen LogP contribution in [0, 0.1) is 0 Å². The van der Waals surface area contributed by atoms with E-state index >= 15 is 0 Å². The molecule has 0 aromatic rings. The topological polar surface area (TPSA) is 78.9 Å². The molecule has 0 fully saturated rings. The number of carbonyl (C=O) groups excluding carboxylic acids is 3. The fraction of sp³-hybridized carbons (Fsp3) is 0.957. The van der Waals surface area contributed by atoms with Crippen LogP contribution in [0.3, 0.4) is 0 Å². The van der Waals surface area contributed by atoms with Crippen molar-refractivity contribution in [3.63, 3.8) is 0 Å². The van der Waals surface area contributed by atoms with Gasteiger partial charge in [-0.15, -0.1) is 0 Å². The lowest BCUT2D eigenvalue weighted by Crippen LogP contribution is -2.30. The lowest BCUT2D eigenvalue weighted by molar-refractivity contribution is -0.167. The van der Waals surface area contributed by atoms with Crippen molar-refractivity contribution < 1.29 is 28.6 Å². The van der Waals surface area contributed by atoms with E-state index in [4.69, 9.17) is 14.2 Å². The molecule has 0 aliphatic rings. The zero-order valence-electron chi connectivity index (χ0n) is 51.4. The van der Waals surface area contributed by atoms with E-state index in [0.29, 0.717) is 19.3 Å². The second-order valence-corrected chi connectivity index (χ2v) is 23.8. The number of unbranched alkanes of at least 4 members (excludes halogenated alkanes) is 54. The summed E-state index contributed by atoms with van der Waals surface area (Å²) in [5.41, 5.74) is 0. The molecule has 0 saturated heterocycles. The van der Waals surface area contributed by atoms with Gasteiger partial charge in [0, 0.05) is 19.3 Å². The van der Waals surface area contributed by atoms with Gasteiger partial charge in [-0.1, -0.05) is 367 Å². The van der Waals surface area contributed by atoms with Gasteiger partial charge < -0.3 is 14.2 Å². The number of hydrogen-bond acceptors (Lipinski definition) is 6. The Hall–Kier alpha value is -1.59. The van der Waals surface area contributed by atoms with Gasteiger partial charge in [-0.25, -0.2) is 0 Å². The Morgan fingerprint density at radius 2 is 0.360 bits per heavy atom. The first-order valence-electron chi connectivity index (χ1n) is 34.5. The van der Waals surface area contributed by atoms with Gasteiger partial charge in [-0.05, 0) is 19.3 Å². The van der Waals surface area contributed by atoms with E-state index in [0.717, 1.165) is 57.8 Å². The van der Waals surface area contributed by atoms with Gasteiger partial charge in [0.1, 0.15) is 13.2 Å². The molecular weight excluding hydrogens is 925 g/mol. The summed E-state index contributed by atoms with van der Waals surface area (Å²) in [5, 5.41) is 0. The average Bonchev–Trinajstić information content (AvgIpc) is 3.41. The van der Waals surface area contributed by atoms with Crippen molar-refractivity contribution in [2.75, 3.05) is 13.2 Å². The third-order valence-electron chi connectivity index (χ3n) is 16.1. The minimum absolute atomic E-state index is 0.0607. The molecule has 0 aliphatic carbocycles. The Labute approximate surface area is 469 Å². The number of carbonyl (C=O) groups is 3. The van der Waals surface area contributed by atoms with E-state index in [-0.39, 0.29) is 31.1 Å². The van der Waals surface area contributed by atoms with Crippen LogP contribution in [-0.2, 0) is 28.6 Å². The quantitative estimate of drug-likeness (QED) is 0.0343. The van der Waals surface area contributed by atoms with Crippen molar-refractivity contribution in [1.82, 2.24) is 0 Å². The number of rotatable bonds is 65. The molecule has 0 amide bonds. The largest absolute Gasteiger partial charge is 0.462 e. The van der Waals surface area contributed by atoms with Crippen LogP contribution in [0.15, 0.2) is 0 Å². The number of esters is 3. The van der Waals surface area contributed by atoms with E-state index in [1.165, 1.54) is 308 Å². The third kappa shape index (κ3) is 63.1. The van der Waals surface area contributed by atoms with Crippen molar-refractivity contribution in [2.45, 2.75) is 412 Å². The van der Waals surface area contributed by atoms with Crippen LogP contribution in [0.25, 0.3) is 0 Å². The minimum Gasteiger partial charge on any atom is -0.462 e. The molecule has 0 aromatic heterocycles. The predicted molar refractivity (Wildman–Crippen MR) is 326 cm³/mol. The molecule has 1 atom stereocenters. The fourth-order valence-corrected chi connectivity index (χ4v) is 10.9. The number of ether oxygens (including phenoxy) is 3. The van der Waals surface area contributed by atoms with Crippen molar-refractivity contribution in [1.29, 1.82) is 0 Å². The predicted octanol–water partition coefficient (Wildman–Crippen LogP) is 23.5. The molecule has 446 valence electrons. The number of hydrogen-bond donors (Lipinski definition) is 0. The first-order chi connectivity index (χ1) is 37.0. The Morgan fingerprint density at radius 1 is 0.213 bits per heavy atom. The summed E-state index contributed by atoms with van der Waals surface area (Å²) in [6.45, 7) is 6.72. The smallest absolute Gasteiger partial charge is 0.306 e. The van der Waals surface area contributed by atoms with Crippen LogP contribution >= 0.6 is 0 Å². The fourth-order valence-electron chi connectivity index (χ4n) is 10.9. The van der Waals surface area contributed by atoms with Crippen LogP contribution < -0.4 is 0 Å². The van der Waals surface area contributed by atoms with Gasteiger partial charge in [0.05, 0.1) is 0 Å². The first kappa shape index (κ1) is 73.4. The second kappa shape index (κ2) is 64.9. The Morgan fingerprint density at radius 3 is 0.533 bits per heavy atom. The lowest BCUT2D eigenvalue weighted by atomic mass is 10.0. The molecular formula is C69H134O6. The van der Waals surface area contributed by atoms with E-state index in [1.54, 1.807) is 0 Å². The van der Waals surface area contributed by atoms with Gasteiger partial charge in [-0.3, -0.25) is 14.4 Å². The minimum atomic E-state index is -0.762. The molecule has 75 heavy (non-hydrogen) atoms. The van der Waals surface area contributed by atoms with E-state index in [2.05, 4.69) is 20.8 Å². The van der Waals surface area contributed by atoms with Gasteiger partial charge in [-0.2, -0.15) is 0 Å². The maximum Gasteiger partial charge on any atom is 0.306 e. The molecule has 1 unspecified atom stereocenters. The summed E-state index contributed by atoms with van der Waals surface area (Å²) < 4.78 is 16.9. The van der Waals surface area contributed by atoms with Crippen LogP contribution in [-0.4, -0.2) is 37.2 Å². The first-order valence-corrected chi connectivity index (χ1v) is 34.5. The summed E-state index contributed by atoms with van der Waals surface area (Å²) >= 11 is 0. The molecule has 6 heteroatoms. The zero-order chi connectivity index (χ0) is 54.3. The van der Waals surface area contributed by atoms with Crippen LogP contribution in [0.2, 0.25) is 0 Å². The van der Waals surface area contributed by atoms with E-state index < -0.39 is 6.10 Å². The summed E-state index contributed by atoms with van der Waals surface area (Å²) in [6, 6.07) is 0. The van der Waals surface area contributed by atoms with Crippen molar-refractivity contribution in [3.05, 3.63) is 0 Å². The van der Waals surface area contributed by atoms with Crippen LogP contribution in [0.1, 0.15) is 406 Å². The maximum atomic E-state index is 12.9. The molecule has 0 N–H and O–H groups in total. The zero-order valence-corrected chi connectivity index (χ0v) is 51.4. The molecule has 0 aliphatic heterocycles. The summed E-state index contributed by atoms with van der Waals surface area (Å²) in [5.74, 6) is -0.827.